The number of hydrogen-bond acceptors (Lipinski definition) is 1. The summed E-state index contributed by atoms with van der Waals surface area (Å²) < 4.78 is 14.0. The van der Waals surface area contributed by atoms with Crippen LogP contribution in [-0.2, 0) is 20.1 Å². The smallest absolute Gasteiger partial charge is 0.0456 e. The molecule has 0 atom stereocenters. The van der Waals surface area contributed by atoms with E-state index >= 15 is 0 Å². The number of nitrogens with zero attached hydrogens (tertiary/aromatic N) is 1. The zero-order valence-electron chi connectivity index (χ0n) is 11.4. The molecule has 0 amide bonds. The number of aryl methyl sites for hydroxylation is 1. The Labute approximate surface area is 137 Å². The molecule has 0 spiro atoms. The van der Waals surface area contributed by atoms with Crippen molar-refractivity contribution in [2.24, 2.45) is 0 Å². The van der Waals surface area contributed by atoms with E-state index in [2.05, 4.69) is 11.1 Å². The number of halogens is 1. The zero-order chi connectivity index (χ0) is 13.9. The van der Waals surface area contributed by atoms with E-state index in [9.17, 15) is 4.39 Å². The van der Waals surface area contributed by atoms with Gasteiger partial charge in [0.15, 0.2) is 0 Å². The maximum absolute atomic E-state index is 14.0. The van der Waals surface area contributed by atoms with Crippen molar-refractivity contribution >= 4 is 0 Å². The van der Waals surface area contributed by atoms with Crippen LogP contribution in [0.15, 0.2) is 60.8 Å². The molecule has 0 saturated heterocycles. The molecule has 0 saturated carbocycles. The maximum atomic E-state index is 14.0. The van der Waals surface area contributed by atoms with Gasteiger partial charge in [0.05, 0.1) is 0 Å². The Morgan fingerprint density at radius 1 is 1.05 bits per heavy atom. The first-order chi connectivity index (χ1) is 9.74. The fourth-order valence-corrected chi connectivity index (χ4v) is 2.09. The molecule has 0 aliphatic heterocycles. The van der Waals surface area contributed by atoms with Crippen LogP contribution in [0.1, 0.15) is 5.56 Å². The van der Waals surface area contributed by atoms with Gasteiger partial charge in [0, 0.05) is 32.1 Å². The van der Waals surface area contributed by atoms with Gasteiger partial charge >= 0.3 is 0 Å². The van der Waals surface area contributed by atoms with Gasteiger partial charge in [0.1, 0.15) is 0 Å². The number of rotatable bonds is 2. The van der Waals surface area contributed by atoms with Crippen molar-refractivity contribution in [1.82, 2.24) is 4.98 Å². The van der Waals surface area contributed by atoms with Gasteiger partial charge in [-0.3, -0.25) is 4.39 Å². The third-order valence-electron chi connectivity index (χ3n) is 3.17. The number of aromatic nitrogens is 1. The fraction of sp³-hybridized carbons (Fsp3) is 0.0556. The first kappa shape index (κ1) is 15.6. The summed E-state index contributed by atoms with van der Waals surface area (Å²) >= 11 is 0. The Bertz CT molecular complexity index is 724. The van der Waals surface area contributed by atoms with E-state index in [1.807, 2.05) is 49.4 Å². The van der Waals surface area contributed by atoms with Gasteiger partial charge in [-0.15, -0.1) is 23.8 Å². The normalized spacial score (nSPS) is 10.0. The van der Waals surface area contributed by atoms with E-state index in [-0.39, 0.29) is 25.9 Å². The molecule has 0 fully saturated rings. The van der Waals surface area contributed by atoms with E-state index in [0.29, 0.717) is 5.56 Å². The van der Waals surface area contributed by atoms with Crippen LogP contribution >= 0.6 is 0 Å². The van der Waals surface area contributed by atoms with Gasteiger partial charge < -0.3 is 4.98 Å². The monoisotopic (exact) mass is 455 g/mol. The maximum Gasteiger partial charge on any atom is 0.0456 e. The summed E-state index contributed by atoms with van der Waals surface area (Å²) in [5, 5.41) is 0. The summed E-state index contributed by atoms with van der Waals surface area (Å²) in [5.41, 5.74) is 4.12. The van der Waals surface area contributed by atoms with E-state index < -0.39 is 0 Å². The Morgan fingerprint density at radius 2 is 1.81 bits per heavy atom. The van der Waals surface area contributed by atoms with Crippen molar-refractivity contribution < 1.29 is 24.5 Å². The molecule has 21 heavy (non-hydrogen) atoms. The summed E-state index contributed by atoms with van der Waals surface area (Å²) in [4.78, 5) is 4.36. The van der Waals surface area contributed by atoms with Crippen LogP contribution in [0, 0.1) is 18.8 Å². The van der Waals surface area contributed by atoms with Crippen LogP contribution < -0.4 is 0 Å². The summed E-state index contributed by atoms with van der Waals surface area (Å²) in [5.74, 6) is -0.271. The molecule has 1 nitrogen and oxygen atoms in total. The van der Waals surface area contributed by atoms with Crippen LogP contribution in [0.5, 0.6) is 0 Å². The third-order valence-corrected chi connectivity index (χ3v) is 3.17. The predicted molar refractivity (Wildman–Crippen MR) is 78.6 cm³/mol. The molecule has 3 rings (SSSR count). The molecule has 3 aromatic rings. The van der Waals surface area contributed by atoms with Crippen LogP contribution in [0.3, 0.4) is 0 Å². The van der Waals surface area contributed by atoms with Gasteiger partial charge in [-0.25, -0.2) is 0 Å². The predicted octanol–water partition coefficient (Wildman–Crippen LogP) is 4.66. The number of benzene rings is 2. The summed E-state index contributed by atoms with van der Waals surface area (Å²) in [6, 6.07) is 19.5. The molecule has 0 bridgehead atoms. The second-order valence-electron chi connectivity index (χ2n) is 4.70. The molecular formula is C18H13FIrN-. The first-order valence-electron chi connectivity index (χ1n) is 6.44. The van der Waals surface area contributed by atoms with E-state index in [1.54, 1.807) is 12.3 Å². The molecule has 0 N–H and O–H groups in total. The summed E-state index contributed by atoms with van der Waals surface area (Å²) in [6.45, 7) is 1.99. The minimum Gasteiger partial charge on any atom is -0.304 e. The SMILES string of the molecule is Cc1ccc(-c2[c-]cc(F)c(-c3ccccc3)c2)nc1.[Ir]. The van der Waals surface area contributed by atoms with Crippen molar-refractivity contribution in [3.05, 3.63) is 78.2 Å². The first-order valence-corrected chi connectivity index (χ1v) is 6.44. The molecule has 0 unspecified atom stereocenters. The molecule has 1 aromatic heterocycles. The molecule has 107 valence electrons. The molecule has 0 aliphatic carbocycles. The molecule has 1 heterocycles. The number of hydrogen-bond donors (Lipinski definition) is 0. The molecule has 1 radical (unpaired) electrons. The molecule has 3 heteroatoms. The van der Waals surface area contributed by atoms with E-state index in [0.717, 1.165) is 22.4 Å². The van der Waals surface area contributed by atoms with E-state index in [1.165, 1.54) is 6.07 Å². The van der Waals surface area contributed by atoms with Crippen molar-refractivity contribution in [1.29, 1.82) is 0 Å². The standard InChI is InChI=1S/C18H13FN.Ir/c1-13-7-10-18(20-12-13)15-8-9-17(19)16(11-15)14-5-3-2-4-6-14;/h2-7,9-12H,1H3;/q-1;. The van der Waals surface area contributed by atoms with Gasteiger partial charge in [0.2, 0.25) is 0 Å². The molecule has 0 aliphatic rings. The Balaban J connectivity index is 0.00000161. The second kappa shape index (κ2) is 6.75. The van der Waals surface area contributed by atoms with Crippen molar-refractivity contribution in [2.75, 3.05) is 0 Å². The van der Waals surface area contributed by atoms with Crippen LogP contribution in [0.4, 0.5) is 4.39 Å². The third kappa shape index (κ3) is 3.44. The quantitative estimate of drug-likeness (QED) is 0.514. The van der Waals surface area contributed by atoms with Gasteiger partial charge in [-0.1, -0.05) is 48.0 Å². The fourth-order valence-electron chi connectivity index (χ4n) is 2.09. The Hall–Kier alpha value is -1.83. The minimum absolute atomic E-state index is 0. The minimum atomic E-state index is -0.271. The van der Waals surface area contributed by atoms with Crippen molar-refractivity contribution in [3.8, 4) is 22.4 Å². The van der Waals surface area contributed by atoms with Gasteiger partial charge in [-0.2, -0.15) is 0 Å². The van der Waals surface area contributed by atoms with Crippen LogP contribution in [0.25, 0.3) is 22.4 Å². The molecular weight excluding hydrogens is 441 g/mol. The largest absolute Gasteiger partial charge is 0.304 e. The Morgan fingerprint density at radius 3 is 2.48 bits per heavy atom. The zero-order valence-corrected chi connectivity index (χ0v) is 13.8. The van der Waals surface area contributed by atoms with Gasteiger partial charge in [-0.05, 0) is 23.7 Å². The summed E-state index contributed by atoms with van der Waals surface area (Å²) in [7, 11) is 0. The summed E-state index contributed by atoms with van der Waals surface area (Å²) in [6.07, 6.45) is 1.80. The Kier molecular flexibility index (Phi) is 5.00. The van der Waals surface area contributed by atoms with Crippen LogP contribution in [0.2, 0.25) is 0 Å². The van der Waals surface area contributed by atoms with Crippen LogP contribution in [-0.4, -0.2) is 4.98 Å². The average Bonchev–Trinajstić information content (AvgIpc) is 2.50. The van der Waals surface area contributed by atoms with Gasteiger partial charge in [0.25, 0.3) is 0 Å². The number of pyridine rings is 1. The molecule has 2 aromatic carbocycles. The van der Waals surface area contributed by atoms with Crippen molar-refractivity contribution in [2.45, 2.75) is 6.92 Å². The van der Waals surface area contributed by atoms with E-state index in [4.69, 9.17) is 0 Å². The topological polar surface area (TPSA) is 12.9 Å². The average molecular weight is 455 g/mol. The van der Waals surface area contributed by atoms with Crippen molar-refractivity contribution in [3.63, 3.8) is 0 Å². The second-order valence-corrected chi connectivity index (χ2v) is 4.70.